The molecule has 1 rings (SSSR count). The van der Waals surface area contributed by atoms with Gasteiger partial charge in [-0.25, -0.2) is 0 Å². The maximum absolute atomic E-state index is 11.2. The van der Waals surface area contributed by atoms with Gasteiger partial charge in [0.25, 0.3) is 5.56 Å². The molecule has 0 fully saturated rings. The van der Waals surface area contributed by atoms with E-state index in [0.717, 1.165) is 12.0 Å². The van der Waals surface area contributed by atoms with Crippen molar-refractivity contribution in [3.63, 3.8) is 0 Å². The zero-order chi connectivity index (χ0) is 8.43. The van der Waals surface area contributed by atoms with E-state index in [9.17, 15) is 4.79 Å². The number of H-pyrrole nitrogens is 1. The van der Waals surface area contributed by atoms with E-state index in [1.807, 2.05) is 0 Å². The van der Waals surface area contributed by atoms with E-state index in [0.29, 0.717) is 5.92 Å². The van der Waals surface area contributed by atoms with Crippen LogP contribution in [0, 0.1) is 5.92 Å². The molecule has 0 saturated heterocycles. The van der Waals surface area contributed by atoms with Crippen LogP contribution in [0.2, 0.25) is 0 Å². The topological polar surface area (TPSA) is 37.8 Å². The minimum Gasteiger partial charge on any atom is -0.303 e. The summed E-state index contributed by atoms with van der Waals surface area (Å²) in [5.41, 5.74) is 0.973. The van der Waals surface area contributed by atoms with Gasteiger partial charge in [-0.2, -0.15) is 0 Å². The minimum atomic E-state index is 0.0960. The molecule has 1 aromatic heterocycles. The highest BCUT2D eigenvalue weighted by molar-refractivity contribution is 5.04. The third-order valence-electron chi connectivity index (χ3n) is 1.64. The maximum Gasteiger partial charge on any atom is 0.269 e. The van der Waals surface area contributed by atoms with Crippen LogP contribution >= 0.6 is 0 Å². The van der Waals surface area contributed by atoms with Crippen LogP contribution in [0.25, 0.3) is 0 Å². The molecular weight excluding hydrogens is 140 g/mol. The SMILES string of the molecule is CC(C)Cc1c[nH]n(C)c1=O. The maximum atomic E-state index is 11.2. The number of nitrogens with one attached hydrogen (secondary N) is 1. The lowest BCUT2D eigenvalue weighted by atomic mass is 10.1. The molecule has 0 unspecified atom stereocenters. The average Bonchev–Trinajstić information content (AvgIpc) is 2.18. The van der Waals surface area contributed by atoms with Gasteiger partial charge in [-0.1, -0.05) is 13.8 Å². The van der Waals surface area contributed by atoms with E-state index in [-0.39, 0.29) is 5.56 Å². The molecule has 1 N–H and O–H groups in total. The largest absolute Gasteiger partial charge is 0.303 e. The number of rotatable bonds is 2. The van der Waals surface area contributed by atoms with Crippen molar-refractivity contribution in [2.75, 3.05) is 0 Å². The Kier molecular flexibility index (Phi) is 2.17. The number of hydrogen-bond donors (Lipinski definition) is 1. The van der Waals surface area contributed by atoms with Crippen LogP contribution in [0.15, 0.2) is 11.0 Å². The van der Waals surface area contributed by atoms with Crippen LogP contribution in [0.1, 0.15) is 19.4 Å². The molecule has 0 aromatic carbocycles. The summed E-state index contributed by atoms with van der Waals surface area (Å²) in [6.45, 7) is 4.21. The number of aromatic nitrogens is 2. The molecule has 0 amide bonds. The van der Waals surface area contributed by atoms with Crippen molar-refractivity contribution >= 4 is 0 Å². The van der Waals surface area contributed by atoms with Gasteiger partial charge in [0.2, 0.25) is 0 Å². The standard InChI is InChI=1S/C8H14N2O/c1-6(2)4-7-5-9-10(3)8(7)11/h5-6,9H,4H2,1-3H3. The zero-order valence-electron chi connectivity index (χ0n) is 7.22. The summed E-state index contributed by atoms with van der Waals surface area (Å²) >= 11 is 0. The van der Waals surface area contributed by atoms with E-state index in [1.165, 1.54) is 4.68 Å². The van der Waals surface area contributed by atoms with Gasteiger partial charge in [0.15, 0.2) is 0 Å². The first-order valence-corrected chi connectivity index (χ1v) is 3.84. The third-order valence-corrected chi connectivity index (χ3v) is 1.64. The van der Waals surface area contributed by atoms with Crippen LogP contribution < -0.4 is 5.56 Å². The van der Waals surface area contributed by atoms with E-state index >= 15 is 0 Å². The molecule has 0 aliphatic heterocycles. The lowest BCUT2D eigenvalue weighted by molar-refractivity contribution is 0.641. The van der Waals surface area contributed by atoms with Crippen LogP contribution in [0.4, 0.5) is 0 Å². The summed E-state index contributed by atoms with van der Waals surface area (Å²) in [5, 5.41) is 2.85. The van der Waals surface area contributed by atoms with Gasteiger partial charge in [-0.3, -0.25) is 9.48 Å². The van der Waals surface area contributed by atoms with Gasteiger partial charge in [-0.05, 0) is 12.3 Å². The van der Waals surface area contributed by atoms with Crippen LogP contribution in [-0.4, -0.2) is 9.78 Å². The van der Waals surface area contributed by atoms with Gasteiger partial charge in [0.1, 0.15) is 0 Å². The summed E-state index contributed by atoms with van der Waals surface area (Å²) in [6.07, 6.45) is 2.64. The average molecular weight is 154 g/mol. The number of nitrogens with zero attached hydrogens (tertiary/aromatic N) is 1. The van der Waals surface area contributed by atoms with Crippen molar-refractivity contribution in [2.45, 2.75) is 20.3 Å². The van der Waals surface area contributed by atoms with Crippen molar-refractivity contribution in [2.24, 2.45) is 13.0 Å². The molecule has 0 radical (unpaired) electrons. The Hall–Kier alpha value is -0.990. The molecule has 0 bridgehead atoms. The first kappa shape index (κ1) is 8.11. The fourth-order valence-corrected chi connectivity index (χ4v) is 1.10. The molecule has 0 aliphatic rings. The molecule has 3 heteroatoms. The lowest BCUT2D eigenvalue weighted by Crippen LogP contribution is -2.16. The monoisotopic (exact) mass is 154 g/mol. The number of hydrogen-bond acceptors (Lipinski definition) is 1. The second kappa shape index (κ2) is 2.95. The predicted octanol–water partition coefficient (Wildman–Crippen LogP) is 0.912. The Labute approximate surface area is 66.0 Å². The van der Waals surface area contributed by atoms with E-state index < -0.39 is 0 Å². The van der Waals surface area contributed by atoms with Crippen LogP contribution in [0.3, 0.4) is 0 Å². The van der Waals surface area contributed by atoms with Gasteiger partial charge in [0, 0.05) is 18.8 Å². The minimum absolute atomic E-state index is 0.0960. The first-order chi connectivity index (χ1) is 5.11. The molecule has 1 heterocycles. The fourth-order valence-electron chi connectivity index (χ4n) is 1.10. The van der Waals surface area contributed by atoms with Crippen molar-refractivity contribution < 1.29 is 0 Å². The molecule has 62 valence electrons. The van der Waals surface area contributed by atoms with Gasteiger partial charge < -0.3 is 5.10 Å². The highest BCUT2D eigenvalue weighted by atomic mass is 16.1. The fraction of sp³-hybridized carbons (Fsp3) is 0.625. The Balaban J connectivity index is 2.88. The molecular formula is C8H14N2O. The smallest absolute Gasteiger partial charge is 0.269 e. The molecule has 11 heavy (non-hydrogen) atoms. The molecule has 1 aromatic rings. The molecule has 0 atom stereocenters. The van der Waals surface area contributed by atoms with Crippen LogP contribution in [-0.2, 0) is 13.5 Å². The molecule has 3 nitrogen and oxygen atoms in total. The van der Waals surface area contributed by atoms with Crippen molar-refractivity contribution in [1.82, 2.24) is 9.78 Å². The predicted molar refractivity (Wildman–Crippen MR) is 44.6 cm³/mol. The van der Waals surface area contributed by atoms with Gasteiger partial charge >= 0.3 is 0 Å². The van der Waals surface area contributed by atoms with Crippen molar-refractivity contribution in [1.29, 1.82) is 0 Å². The van der Waals surface area contributed by atoms with Crippen molar-refractivity contribution in [3.8, 4) is 0 Å². The molecule has 0 saturated carbocycles. The second-order valence-corrected chi connectivity index (χ2v) is 3.26. The van der Waals surface area contributed by atoms with Gasteiger partial charge in [0.05, 0.1) is 0 Å². The Morgan fingerprint density at radius 2 is 2.27 bits per heavy atom. The summed E-state index contributed by atoms with van der Waals surface area (Å²) in [4.78, 5) is 11.2. The van der Waals surface area contributed by atoms with Crippen LogP contribution in [0.5, 0.6) is 0 Å². The second-order valence-electron chi connectivity index (χ2n) is 3.26. The highest BCUT2D eigenvalue weighted by Gasteiger charge is 2.04. The normalized spacial score (nSPS) is 10.9. The highest BCUT2D eigenvalue weighted by Crippen LogP contribution is 2.00. The third kappa shape index (κ3) is 1.73. The molecule has 0 aliphatic carbocycles. The lowest BCUT2D eigenvalue weighted by Gasteiger charge is -1.97. The Bertz CT molecular complexity index is 283. The first-order valence-electron chi connectivity index (χ1n) is 3.84. The van der Waals surface area contributed by atoms with E-state index in [1.54, 1.807) is 13.2 Å². The van der Waals surface area contributed by atoms with E-state index in [2.05, 4.69) is 18.9 Å². The number of aromatic amines is 1. The summed E-state index contributed by atoms with van der Waals surface area (Å²) < 4.78 is 1.50. The summed E-state index contributed by atoms with van der Waals surface area (Å²) in [7, 11) is 1.73. The van der Waals surface area contributed by atoms with E-state index in [4.69, 9.17) is 0 Å². The Morgan fingerprint density at radius 3 is 2.64 bits per heavy atom. The summed E-state index contributed by atoms with van der Waals surface area (Å²) in [5.74, 6) is 0.540. The van der Waals surface area contributed by atoms with Gasteiger partial charge in [-0.15, -0.1) is 0 Å². The quantitative estimate of drug-likeness (QED) is 0.675. The number of aryl methyl sites for hydroxylation is 1. The molecule has 0 spiro atoms. The Morgan fingerprint density at radius 1 is 1.64 bits per heavy atom. The summed E-state index contributed by atoms with van der Waals surface area (Å²) in [6, 6.07) is 0. The van der Waals surface area contributed by atoms with Crippen molar-refractivity contribution in [3.05, 3.63) is 22.1 Å². The zero-order valence-corrected chi connectivity index (χ0v) is 7.22.